The molecule has 6 heteroatoms. The molecule has 1 saturated carbocycles. The average molecular weight is 253 g/mol. The van der Waals surface area contributed by atoms with Crippen molar-refractivity contribution in [2.45, 2.75) is 38.6 Å². The van der Waals surface area contributed by atoms with Crippen molar-refractivity contribution < 1.29 is 14.4 Å². The van der Waals surface area contributed by atoms with E-state index >= 15 is 0 Å². The van der Waals surface area contributed by atoms with Crippen molar-refractivity contribution in [1.29, 1.82) is 0 Å². The third-order valence-electron chi connectivity index (χ3n) is 4.12. The lowest BCUT2D eigenvalue weighted by atomic mass is 9.66. The molecular weight excluding hydrogens is 234 g/mol. The van der Waals surface area contributed by atoms with E-state index < -0.39 is 17.9 Å². The van der Waals surface area contributed by atoms with Crippen molar-refractivity contribution in [3.05, 3.63) is 0 Å². The highest BCUT2D eigenvalue weighted by Crippen LogP contribution is 2.43. The highest BCUT2D eigenvalue weighted by molar-refractivity contribution is 6.04. The molecule has 2 fully saturated rings. The smallest absolute Gasteiger partial charge is 0.249 e. The minimum atomic E-state index is -0.579. The van der Waals surface area contributed by atoms with Crippen molar-refractivity contribution in [2.75, 3.05) is 13.1 Å². The molecule has 1 unspecified atom stereocenters. The average Bonchev–Trinajstić information content (AvgIpc) is 2.28. The van der Waals surface area contributed by atoms with Crippen LogP contribution < -0.4 is 11.1 Å². The maximum atomic E-state index is 12.2. The molecule has 1 heterocycles. The van der Waals surface area contributed by atoms with E-state index in [0.29, 0.717) is 13.0 Å². The Kier molecular flexibility index (Phi) is 3.38. The molecule has 1 atom stereocenters. The number of amides is 3. The lowest BCUT2D eigenvalue weighted by molar-refractivity contribution is -0.151. The van der Waals surface area contributed by atoms with Gasteiger partial charge in [-0.1, -0.05) is 6.42 Å². The zero-order valence-electron chi connectivity index (χ0n) is 10.6. The lowest BCUT2D eigenvalue weighted by Gasteiger charge is -2.42. The van der Waals surface area contributed by atoms with Gasteiger partial charge in [0, 0.05) is 6.42 Å². The summed E-state index contributed by atoms with van der Waals surface area (Å²) >= 11 is 0. The molecule has 0 bridgehead atoms. The number of nitrogens with one attached hydrogen (secondary N) is 1. The van der Waals surface area contributed by atoms with Gasteiger partial charge in [0.15, 0.2) is 0 Å². The first-order chi connectivity index (χ1) is 8.47. The van der Waals surface area contributed by atoms with Gasteiger partial charge in [-0.3, -0.25) is 19.7 Å². The summed E-state index contributed by atoms with van der Waals surface area (Å²) in [6.07, 6.45) is 3.35. The lowest BCUT2D eigenvalue weighted by Crippen LogP contribution is -2.59. The van der Waals surface area contributed by atoms with E-state index in [9.17, 15) is 14.4 Å². The molecule has 0 aromatic carbocycles. The molecule has 3 amide bonds. The second-order valence-corrected chi connectivity index (χ2v) is 5.34. The van der Waals surface area contributed by atoms with E-state index in [4.69, 9.17) is 5.73 Å². The molecule has 6 nitrogen and oxygen atoms in total. The Balaban J connectivity index is 2.03. The molecule has 0 spiro atoms. The summed E-state index contributed by atoms with van der Waals surface area (Å²) < 4.78 is 0. The number of piperazine rings is 1. The number of hydrogen-bond donors (Lipinski definition) is 2. The van der Waals surface area contributed by atoms with Crippen molar-refractivity contribution in [3.63, 3.8) is 0 Å². The number of imide groups is 1. The van der Waals surface area contributed by atoms with Crippen LogP contribution in [0.25, 0.3) is 0 Å². The Morgan fingerprint density at radius 1 is 1.50 bits per heavy atom. The SMILES string of the molecule is CC1C(=O)NC(=O)CN1C(=O)CC1(CN)CCC1. The summed E-state index contributed by atoms with van der Waals surface area (Å²) in [6, 6.07) is -0.579. The van der Waals surface area contributed by atoms with Gasteiger partial charge in [-0.2, -0.15) is 0 Å². The van der Waals surface area contributed by atoms with Gasteiger partial charge >= 0.3 is 0 Å². The van der Waals surface area contributed by atoms with Crippen molar-refractivity contribution >= 4 is 17.7 Å². The van der Waals surface area contributed by atoms with Crippen LogP contribution in [0.1, 0.15) is 32.6 Å². The summed E-state index contributed by atoms with van der Waals surface area (Å²) in [6.45, 7) is 2.09. The van der Waals surface area contributed by atoms with Gasteiger partial charge in [-0.25, -0.2) is 0 Å². The van der Waals surface area contributed by atoms with E-state index in [0.717, 1.165) is 19.3 Å². The summed E-state index contributed by atoms with van der Waals surface area (Å²) in [5.74, 6) is -0.965. The molecule has 1 aliphatic carbocycles. The summed E-state index contributed by atoms with van der Waals surface area (Å²) in [7, 11) is 0. The summed E-state index contributed by atoms with van der Waals surface area (Å²) in [5.41, 5.74) is 5.62. The molecule has 2 rings (SSSR count). The minimum absolute atomic E-state index is 0.0353. The molecule has 3 N–H and O–H groups in total. The largest absolute Gasteiger partial charge is 0.330 e. The Labute approximate surface area is 106 Å². The van der Waals surface area contributed by atoms with E-state index in [1.54, 1.807) is 6.92 Å². The zero-order chi connectivity index (χ0) is 13.3. The highest BCUT2D eigenvalue weighted by atomic mass is 16.2. The van der Waals surface area contributed by atoms with E-state index in [1.807, 2.05) is 0 Å². The van der Waals surface area contributed by atoms with E-state index in [2.05, 4.69) is 5.32 Å². The van der Waals surface area contributed by atoms with Crippen LogP contribution in [0.3, 0.4) is 0 Å². The number of carbonyl (C=O) groups is 3. The summed E-state index contributed by atoms with van der Waals surface area (Å²) in [5, 5.41) is 2.22. The first-order valence-corrected chi connectivity index (χ1v) is 6.31. The Morgan fingerprint density at radius 2 is 2.17 bits per heavy atom. The number of carbonyl (C=O) groups excluding carboxylic acids is 3. The topological polar surface area (TPSA) is 92.5 Å². The van der Waals surface area contributed by atoms with Crippen molar-refractivity contribution in [3.8, 4) is 0 Å². The monoisotopic (exact) mass is 253 g/mol. The Hall–Kier alpha value is -1.43. The van der Waals surface area contributed by atoms with Crippen LogP contribution in [-0.2, 0) is 14.4 Å². The first kappa shape index (κ1) is 13.0. The maximum absolute atomic E-state index is 12.2. The van der Waals surface area contributed by atoms with Gasteiger partial charge in [-0.05, 0) is 31.7 Å². The fourth-order valence-electron chi connectivity index (χ4n) is 2.57. The molecule has 100 valence electrons. The predicted octanol–water partition coefficient (Wildman–Crippen LogP) is -0.621. The first-order valence-electron chi connectivity index (χ1n) is 6.31. The standard InChI is InChI=1S/C12H19N3O3/c1-8-11(18)14-9(16)6-15(8)10(17)5-12(7-13)3-2-4-12/h8H,2-7,13H2,1H3,(H,14,16,18). The van der Waals surface area contributed by atoms with Crippen molar-refractivity contribution in [1.82, 2.24) is 10.2 Å². The third-order valence-corrected chi connectivity index (χ3v) is 4.12. The number of rotatable bonds is 3. The van der Waals surface area contributed by atoms with Crippen LogP contribution in [0.5, 0.6) is 0 Å². The molecule has 2 aliphatic rings. The van der Waals surface area contributed by atoms with Gasteiger partial charge in [0.05, 0.1) is 0 Å². The second-order valence-electron chi connectivity index (χ2n) is 5.34. The number of hydrogen-bond acceptors (Lipinski definition) is 4. The normalized spacial score (nSPS) is 26.6. The quantitative estimate of drug-likeness (QED) is 0.656. The van der Waals surface area contributed by atoms with Gasteiger partial charge in [0.1, 0.15) is 12.6 Å². The van der Waals surface area contributed by atoms with Gasteiger partial charge < -0.3 is 10.6 Å². The van der Waals surface area contributed by atoms with Gasteiger partial charge in [-0.15, -0.1) is 0 Å². The fraction of sp³-hybridized carbons (Fsp3) is 0.750. The van der Waals surface area contributed by atoms with Crippen LogP contribution in [0.2, 0.25) is 0 Å². The molecular formula is C12H19N3O3. The van der Waals surface area contributed by atoms with Crippen LogP contribution in [0, 0.1) is 5.41 Å². The van der Waals surface area contributed by atoms with E-state index in [-0.39, 0.29) is 17.9 Å². The second kappa shape index (κ2) is 4.68. The van der Waals surface area contributed by atoms with Crippen LogP contribution in [0.15, 0.2) is 0 Å². The fourth-order valence-corrected chi connectivity index (χ4v) is 2.57. The van der Waals surface area contributed by atoms with Crippen LogP contribution >= 0.6 is 0 Å². The number of nitrogens with two attached hydrogens (primary N) is 1. The zero-order valence-corrected chi connectivity index (χ0v) is 10.6. The Morgan fingerprint density at radius 3 is 2.67 bits per heavy atom. The van der Waals surface area contributed by atoms with Gasteiger partial charge in [0.25, 0.3) is 0 Å². The summed E-state index contributed by atoms with van der Waals surface area (Å²) in [4.78, 5) is 36.4. The Bertz CT molecular complexity index is 385. The van der Waals surface area contributed by atoms with Crippen LogP contribution in [-0.4, -0.2) is 41.8 Å². The van der Waals surface area contributed by atoms with Crippen LogP contribution in [0.4, 0.5) is 0 Å². The van der Waals surface area contributed by atoms with Crippen molar-refractivity contribution in [2.24, 2.45) is 11.1 Å². The van der Waals surface area contributed by atoms with Gasteiger partial charge in [0.2, 0.25) is 17.7 Å². The molecule has 0 aromatic rings. The molecule has 1 saturated heterocycles. The molecule has 1 aliphatic heterocycles. The minimum Gasteiger partial charge on any atom is -0.330 e. The molecule has 0 radical (unpaired) electrons. The highest BCUT2D eigenvalue weighted by Gasteiger charge is 2.41. The predicted molar refractivity (Wildman–Crippen MR) is 64.3 cm³/mol. The molecule has 18 heavy (non-hydrogen) atoms. The number of nitrogens with zero attached hydrogens (tertiary/aromatic N) is 1. The van der Waals surface area contributed by atoms with E-state index in [1.165, 1.54) is 4.90 Å². The maximum Gasteiger partial charge on any atom is 0.249 e. The molecule has 0 aromatic heterocycles. The third kappa shape index (κ3) is 2.25.